The monoisotopic (exact) mass is 238 g/mol. The number of benzene rings is 1. The minimum Gasteiger partial charge on any atom is -0.398 e. The van der Waals surface area contributed by atoms with Crippen LogP contribution in [0, 0.1) is 0 Å². The summed E-state index contributed by atoms with van der Waals surface area (Å²) in [4.78, 5) is 0. The van der Waals surface area contributed by atoms with E-state index in [4.69, 9.17) is 22.9 Å². The van der Waals surface area contributed by atoms with Gasteiger partial charge in [-0.05, 0) is 12.1 Å². The summed E-state index contributed by atoms with van der Waals surface area (Å²) in [6.07, 6.45) is 0. The summed E-state index contributed by atoms with van der Waals surface area (Å²) in [6, 6.07) is 11.1. The first kappa shape index (κ1) is 10.5. The third-order valence-corrected chi connectivity index (χ3v) is 3.31. The van der Waals surface area contributed by atoms with Gasteiger partial charge >= 0.3 is 0 Å². The van der Waals surface area contributed by atoms with Gasteiger partial charge in [-0.3, -0.25) is 0 Å². The van der Waals surface area contributed by atoms with Gasteiger partial charge in [0.2, 0.25) is 0 Å². The van der Waals surface area contributed by atoms with E-state index in [0.717, 1.165) is 21.5 Å². The van der Waals surface area contributed by atoms with Crippen molar-refractivity contribution in [3.8, 4) is 0 Å². The van der Waals surface area contributed by atoms with Crippen molar-refractivity contribution in [2.75, 3.05) is 22.9 Å². The van der Waals surface area contributed by atoms with E-state index < -0.39 is 0 Å². The maximum Gasteiger partial charge on any atom is 0.0496 e. The average Bonchev–Trinajstić information content (AvgIpc) is 2.77. The molecule has 0 unspecified atom stereocenters. The van der Waals surface area contributed by atoms with Crippen molar-refractivity contribution in [1.82, 2.24) is 0 Å². The second kappa shape index (κ2) is 3.43. The fourth-order valence-electron chi connectivity index (χ4n) is 2.45. The van der Waals surface area contributed by atoms with Crippen LogP contribution in [-0.4, -0.2) is 0 Å². The summed E-state index contributed by atoms with van der Waals surface area (Å²) in [6.45, 7) is 0. The number of hydrogen-bond acceptors (Lipinski definition) is 4. The molecule has 0 aliphatic heterocycles. The smallest absolute Gasteiger partial charge is 0.0496 e. The lowest BCUT2D eigenvalue weighted by molar-refractivity contribution is 1.82. The first-order valence-corrected chi connectivity index (χ1v) is 5.64. The lowest BCUT2D eigenvalue weighted by Crippen LogP contribution is -1.97. The SMILES string of the molecule is Nc1cccc(N)c2c(N)c3cccc3c(N)c12. The third-order valence-electron chi connectivity index (χ3n) is 3.31. The summed E-state index contributed by atoms with van der Waals surface area (Å²) in [5, 5.41) is 3.29. The van der Waals surface area contributed by atoms with E-state index in [9.17, 15) is 0 Å². The molecule has 0 amide bonds. The van der Waals surface area contributed by atoms with Crippen LogP contribution in [0.1, 0.15) is 0 Å². The van der Waals surface area contributed by atoms with Crippen LogP contribution in [0.4, 0.5) is 22.7 Å². The molecule has 0 aromatic heterocycles. The Morgan fingerprint density at radius 1 is 0.556 bits per heavy atom. The zero-order valence-electron chi connectivity index (χ0n) is 9.77. The molecule has 4 heteroatoms. The van der Waals surface area contributed by atoms with Crippen LogP contribution in [0.2, 0.25) is 0 Å². The molecule has 4 nitrogen and oxygen atoms in total. The molecule has 0 radical (unpaired) electrons. The van der Waals surface area contributed by atoms with Crippen molar-refractivity contribution >= 4 is 44.3 Å². The molecule has 0 spiro atoms. The molecular formula is C14H14N4. The number of anilines is 4. The van der Waals surface area contributed by atoms with E-state index in [1.54, 1.807) is 18.2 Å². The van der Waals surface area contributed by atoms with Crippen molar-refractivity contribution in [3.05, 3.63) is 36.4 Å². The van der Waals surface area contributed by atoms with Gasteiger partial charge in [0.1, 0.15) is 0 Å². The Balaban J connectivity index is 2.76. The van der Waals surface area contributed by atoms with Gasteiger partial charge in [-0.15, -0.1) is 0 Å². The minimum absolute atomic E-state index is 0.578. The van der Waals surface area contributed by atoms with Crippen LogP contribution in [0.25, 0.3) is 21.5 Å². The molecule has 90 valence electrons. The van der Waals surface area contributed by atoms with Crippen LogP contribution in [0.5, 0.6) is 0 Å². The molecule has 0 atom stereocenters. The highest BCUT2D eigenvalue weighted by molar-refractivity contribution is 6.24. The van der Waals surface area contributed by atoms with E-state index in [1.165, 1.54) is 0 Å². The Kier molecular flexibility index (Phi) is 2.01. The highest BCUT2D eigenvalue weighted by Gasteiger charge is 2.13. The van der Waals surface area contributed by atoms with Crippen LogP contribution in [-0.2, 0) is 0 Å². The van der Waals surface area contributed by atoms with E-state index in [2.05, 4.69) is 0 Å². The normalized spacial score (nSPS) is 11.1. The van der Waals surface area contributed by atoms with E-state index in [1.807, 2.05) is 18.2 Å². The van der Waals surface area contributed by atoms with E-state index >= 15 is 0 Å². The van der Waals surface area contributed by atoms with E-state index in [0.29, 0.717) is 22.7 Å². The third kappa shape index (κ3) is 1.20. The van der Waals surface area contributed by atoms with Crippen molar-refractivity contribution in [3.63, 3.8) is 0 Å². The van der Waals surface area contributed by atoms with Crippen molar-refractivity contribution < 1.29 is 0 Å². The topological polar surface area (TPSA) is 104 Å². The van der Waals surface area contributed by atoms with Crippen LogP contribution in [0.15, 0.2) is 36.4 Å². The molecule has 0 aliphatic rings. The molecule has 0 heterocycles. The molecule has 3 rings (SSSR count). The van der Waals surface area contributed by atoms with Gasteiger partial charge < -0.3 is 22.9 Å². The molecular weight excluding hydrogens is 224 g/mol. The number of hydrogen-bond donors (Lipinski definition) is 4. The predicted molar refractivity (Wildman–Crippen MR) is 79.1 cm³/mol. The highest BCUT2D eigenvalue weighted by Crippen LogP contribution is 2.41. The Morgan fingerprint density at radius 2 is 0.944 bits per heavy atom. The molecule has 0 aliphatic carbocycles. The Hall–Kier alpha value is -2.62. The van der Waals surface area contributed by atoms with Gasteiger partial charge in [-0.1, -0.05) is 24.3 Å². The second-order valence-electron chi connectivity index (χ2n) is 4.37. The second-order valence-corrected chi connectivity index (χ2v) is 4.37. The minimum atomic E-state index is 0.578. The number of rotatable bonds is 0. The molecule has 3 aromatic carbocycles. The summed E-state index contributed by atoms with van der Waals surface area (Å²) in [5.74, 6) is 0. The number of fused-ring (bicyclic) bond motifs is 2. The predicted octanol–water partition coefficient (Wildman–Crippen LogP) is 2.32. The van der Waals surface area contributed by atoms with Gasteiger partial charge in [0.15, 0.2) is 0 Å². The van der Waals surface area contributed by atoms with Gasteiger partial charge in [-0.25, -0.2) is 0 Å². The van der Waals surface area contributed by atoms with Gasteiger partial charge in [0.25, 0.3) is 0 Å². The Labute approximate surface area is 104 Å². The summed E-state index contributed by atoms with van der Waals surface area (Å²) in [7, 11) is 0. The summed E-state index contributed by atoms with van der Waals surface area (Å²) >= 11 is 0. The average molecular weight is 238 g/mol. The summed E-state index contributed by atoms with van der Waals surface area (Å²) in [5.41, 5.74) is 26.9. The Morgan fingerprint density at radius 3 is 1.39 bits per heavy atom. The fraction of sp³-hybridized carbons (Fsp3) is 0. The molecule has 18 heavy (non-hydrogen) atoms. The first-order valence-electron chi connectivity index (χ1n) is 5.64. The number of nitrogens with two attached hydrogens (primary N) is 4. The molecule has 3 aromatic rings. The van der Waals surface area contributed by atoms with Crippen LogP contribution < -0.4 is 22.9 Å². The zero-order chi connectivity index (χ0) is 12.9. The zero-order valence-corrected chi connectivity index (χ0v) is 9.77. The van der Waals surface area contributed by atoms with Crippen LogP contribution >= 0.6 is 0 Å². The maximum absolute atomic E-state index is 6.20. The maximum atomic E-state index is 6.20. The van der Waals surface area contributed by atoms with Crippen molar-refractivity contribution in [2.24, 2.45) is 0 Å². The van der Waals surface area contributed by atoms with Gasteiger partial charge in [-0.2, -0.15) is 0 Å². The lowest BCUT2D eigenvalue weighted by atomic mass is 10.0. The largest absolute Gasteiger partial charge is 0.398 e. The van der Waals surface area contributed by atoms with E-state index in [-0.39, 0.29) is 0 Å². The molecule has 0 bridgehead atoms. The summed E-state index contributed by atoms with van der Waals surface area (Å²) < 4.78 is 0. The van der Waals surface area contributed by atoms with Gasteiger partial charge in [0, 0.05) is 44.3 Å². The van der Waals surface area contributed by atoms with Crippen molar-refractivity contribution in [2.45, 2.75) is 0 Å². The van der Waals surface area contributed by atoms with Crippen LogP contribution in [0.3, 0.4) is 0 Å². The van der Waals surface area contributed by atoms with Gasteiger partial charge in [0.05, 0.1) is 0 Å². The van der Waals surface area contributed by atoms with Crippen molar-refractivity contribution in [1.29, 1.82) is 0 Å². The molecule has 8 N–H and O–H groups in total. The highest BCUT2D eigenvalue weighted by atomic mass is 14.7. The molecule has 0 saturated heterocycles. The standard InChI is InChI=1S/C14H14N4/c15-9-5-2-6-10(16)12-11(9)13(17)7-3-1-4-8(7)14(12)18/h1-6H,15-18H2. The number of nitrogen functional groups attached to an aromatic ring is 4. The lowest BCUT2D eigenvalue weighted by Gasteiger charge is -2.10. The Bertz CT molecular complexity index is 715. The first-order chi connectivity index (χ1) is 8.61. The quantitative estimate of drug-likeness (QED) is 0.356. The fourth-order valence-corrected chi connectivity index (χ4v) is 2.45. The molecule has 0 fully saturated rings. The molecule has 0 saturated carbocycles.